The summed E-state index contributed by atoms with van der Waals surface area (Å²) >= 11 is 0. The molecule has 2 atom stereocenters. The molecule has 3 aliphatic heterocycles. The first kappa shape index (κ1) is 29.0. The van der Waals surface area contributed by atoms with E-state index in [1.54, 1.807) is 39.2 Å². The Kier molecular flexibility index (Phi) is 8.39. The third-order valence-electron chi connectivity index (χ3n) is 7.44. The van der Waals surface area contributed by atoms with Gasteiger partial charge in [-0.3, -0.25) is 9.79 Å². The van der Waals surface area contributed by atoms with Crippen LogP contribution in [0, 0.1) is 18.6 Å². The minimum Gasteiger partial charge on any atom is -0.494 e. The highest BCUT2D eigenvalue weighted by Crippen LogP contribution is 2.34. The van der Waals surface area contributed by atoms with Gasteiger partial charge in [0.05, 0.1) is 19.7 Å². The normalized spacial score (nSPS) is 18.7. The lowest BCUT2D eigenvalue weighted by Crippen LogP contribution is -2.54. The molecule has 0 aromatic heterocycles. The number of nitrogens with one attached hydrogen (secondary N) is 2. The number of amides is 3. The molecule has 0 spiro atoms. The van der Waals surface area contributed by atoms with Crippen molar-refractivity contribution in [3.63, 3.8) is 0 Å². The van der Waals surface area contributed by atoms with E-state index >= 15 is 0 Å². The average molecular weight is 581 g/mol. The van der Waals surface area contributed by atoms with E-state index in [0.717, 1.165) is 5.56 Å². The van der Waals surface area contributed by atoms with Crippen LogP contribution in [0.15, 0.2) is 52.7 Å². The number of aryl methyl sites for hydroxylation is 1. The second kappa shape index (κ2) is 12.1. The zero-order chi connectivity index (χ0) is 30.0. The van der Waals surface area contributed by atoms with Gasteiger partial charge in [0.15, 0.2) is 23.2 Å². The molecule has 3 heterocycles. The third kappa shape index (κ3) is 5.77. The number of carbonyl (C=O) groups is 2. The van der Waals surface area contributed by atoms with Gasteiger partial charge >= 0.3 is 6.03 Å². The number of benzene rings is 2. The van der Waals surface area contributed by atoms with Crippen LogP contribution in [-0.2, 0) is 0 Å². The van der Waals surface area contributed by atoms with E-state index in [-0.39, 0.29) is 35.8 Å². The van der Waals surface area contributed by atoms with Crippen molar-refractivity contribution in [3.05, 3.63) is 71.1 Å². The zero-order valence-electron chi connectivity index (χ0n) is 23.7. The van der Waals surface area contributed by atoms with Gasteiger partial charge in [-0.25, -0.2) is 14.2 Å². The predicted octanol–water partition coefficient (Wildman–Crippen LogP) is 2.85. The molecule has 222 valence electrons. The van der Waals surface area contributed by atoms with E-state index in [4.69, 9.17) is 10.5 Å². The SMILES string of the molecule is COc1ccc(C2CN=C3C(Nc4ccc(C(=O)N5CCN(C(=O)NC[C@@H](C)N)CC5)c(C)c4)=NC=CN32)c(F)c1F. The molecule has 2 aromatic rings. The van der Waals surface area contributed by atoms with E-state index in [9.17, 15) is 18.4 Å². The number of hydrogen-bond donors (Lipinski definition) is 3. The van der Waals surface area contributed by atoms with Gasteiger partial charge in [-0.05, 0) is 43.7 Å². The Morgan fingerprint density at radius 3 is 2.55 bits per heavy atom. The van der Waals surface area contributed by atoms with Crippen molar-refractivity contribution in [1.82, 2.24) is 20.0 Å². The molecule has 0 aliphatic carbocycles. The average Bonchev–Trinajstić information content (AvgIpc) is 3.42. The Hall–Kier alpha value is -4.52. The molecule has 0 radical (unpaired) electrons. The number of urea groups is 1. The summed E-state index contributed by atoms with van der Waals surface area (Å²) in [4.78, 5) is 39.7. The first-order valence-electron chi connectivity index (χ1n) is 13.7. The number of rotatable bonds is 6. The summed E-state index contributed by atoms with van der Waals surface area (Å²) in [6, 6.07) is 7.45. The van der Waals surface area contributed by atoms with Crippen molar-refractivity contribution in [2.45, 2.75) is 25.9 Å². The number of nitrogens with two attached hydrogens (primary N) is 1. The summed E-state index contributed by atoms with van der Waals surface area (Å²) in [5.74, 6) is -1.32. The lowest BCUT2D eigenvalue weighted by Gasteiger charge is -2.35. The monoisotopic (exact) mass is 580 g/mol. The van der Waals surface area contributed by atoms with Crippen LogP contribution in [0.5, 0.6) is 5.75 Å². The molecule has 13 heteroatoms. The Morgan fingerprint density at radius 1 is 1.12 bits per heavy atom. The Bertz CT molecular complexity index is 1470. The molecule has 2 aromatic carbocycles. The van der Waals surface area contributed by atoms with E-state index < -0.39 is 17.7 Å². The number of fused-ring (bicyclic) bond motifs is 1. The summed E-state index contributed by atoms with van der Waals surface area (Å²) in [5.41, 5.74) is 7.91. The number of nitrogens with zero attached hydrogens (tertiary/aromatic N) is 5. The molecule has 3 amide bonds. The maximum Gasteiger partial charge on any atom is 0.317 e. The fourth-order valence-electron chi connectivity index (χ4n) is 5.16. The second-order valence-electron chi connectivity index (χ2n) is 10.4. The largest absolute Gasteiger partial charge is 0.494 e. The van der Waals surface area contributed by atoms with Crippen LogP contribution in [-0.4, -0.2) is 90.7 Å². The molecule has 11 nitrogen and oxygen atoms in total. The standard InChI is InChI=1S/C29H34F2N8O3/c1-17-14-19(4-5-20(17)28(40)37-10-12-38(13-11-37)29(41)35-15-18(2)32)36-26-27-34-16-22(39(27)9-8-33-26)21-6-7-23(42-3)25(31)24(21)30/h4-9,14,18,22H,10-13,15-16,32H2,1-3H3,(H,33,36)(H,35,41)/t18-,22?/m1/s1. The van der Waals surface area contributed by atoms with Gasteiger partial charge in [0.1, 0.15) is 0 Å². The van der Waals surface area contributed by atoms with Crippen LogP contribution in [0.1, 0.15) is 34.5 Å². The van der Waals surface area contributed by atoms with Crippen molar-refractivity contribution >= 4 is 29.3 Å². The lowest BCUT2D eigenvalue weighted by molar-refractivity contribution is 0.0664. The van der Waals surface area contributed by atoms with E-state index in [2.05, 4.69) is 20.6 Å². The number of amidine groups is 2. The van der Waals surface area contributed by atoms with Crippen LogP contribution in [0.2, 0.25) is 0 Å². The Balaban J connectivity index is 1.22. The first-order chi connectivity index (χ1) is 20.2. The van der Waals surface area contributed by atoms with Gasteiger partial charge in [-0.2, -0.15) is 4.39 Å². The summed E-state index contributed by atoms with van der Waals surface area (Å²) in [6.07, 6.45) is 3.25. The predicted molar refractivity (Wildman–Crippen MR) is 156 cm³/mol. The maximum atomic E-state index is 14.8. The van der Waals surface area contributed by atoms with Gasteiger partial charge in [-0.15, -0.1) is 0 Å². The molecule has 1 saturated heterocycles. The highest BCUT2D eigenvalue weighted by molar-refractivity contribution is 6.45. The van der Waals surface area contributed by atoms with E-state index in [1.165, 1.54) is 19.2 Å². The molecular weight excluding hydrogens is 546 g/mol. The van der Waals surface area contributed by atoms with Crippen LogP contribution in [0.3, 0.4) is 0 Å². The molecule has 0 bridgehead atoms. The van der Waals surface area contributed by atoms with Crippen molar-refractivity contribution in [2.75, 3.05) is 51.7 Å². The first-order valence-corrected chi connectivity index (χ1v) is 13.7. The molecule has 42 heavy (non-hydrogen) atoms. The Morgan fingerprint density at radius 2 is 1.86 bits per heavy atom. The molecule has 0 saturated carbocycles. The van der Waals surface area contributed by atoms with Crippen molar-refractivity contribution in [2.24, 2.45) is 15.7 Å². The summed E-state index contributed by atoms with van der Waals surface area (Å²) in [5, 5.41) is 6.05. The highest BCUT2D eigenvalue weighted by atomic mass is 19.2. The molecule has 5 rings (SSSR count). The minimum absolute atomic E-state index is 0.101. The molecule has 1 fully saturated rings. The number of piperazine rings is 1. The molecule has 4 N–H and O–H groups in total. The second-order valence-corrected chi connectivity index (χ2v) is 10.4. The number of anilines is 1. The van der Waals surface area contributed by atoms with Gasteiger partial charge in [0.2, 0.25) is 5.82 Å². The van der Waals surface area contributed by atoms with Crippen LogP contribution in [0.25, 0.3) is 0 Å². The molecule has 3 aliphatic rings. The van der Waals surface area contributed by atoms with Crippen molar-refractivity contribution in [1.29, 1.82) is 0 Å². The van der Waals surface area contributed by atoms with Gasteiger partial charge < -0.3 is 35.8 Å². The van der Waals surface area contributed by atoms with Gasteiger partial charge in [-0.1, -0.05) is 6.07 Å². The van der Waals surface area contributed by atoms with Gasteiger partial charge in [0.25, 0.3) is 5.91 Å². The molecule has 1 unspecified atom stereocenters. The van der Waals surface area contributed by atoms with Gasteiger partial charge in [0, 0.05) is 68.0 Å². The fraction of sp³-hybridized carbons (Fsp3) is 0.379. The van der Waals surface area contributed by atoms with Crippen molar-refractivity contribution < 1.29 is 23.1 Å². The number of methoxy groups -OCH3 is 1. The fourth-order valence-corrected chi connectivity index (χ4v) is 5.16. The highest BCUT2D eigenvalue weighted by Gasteiger charge is 2.35. The summed E-state index contributed by atoms with van der Waals surface area (Å²) in [7, 11) is 1.29. The number of halogens is 2. The van der Waals surface area contributed by atoms with E-state index in [1.807, 2.05) is 19.9 Å². The molecular formula is C29H34F2N8O3. The smallest absolute Gasteiger partial charge is 0.317 e. The minimum atomic E-state index is -1.04. The number of hydrogen-bond acceptors (Lipinski definition) is 8. The quantitative estimate of drug-likeness (QED) is 0.482. The van der Waals surface area contributed by atoms with Crippen molar-refractivity contribution in [3.8, 4) is 5.75 Å². The third-order valence-corrected chi connectivity index (χ3v) is 7.44. The number of aliphatic imine (C=N–C) groups is 2. The van der Waals surface area contributed by atoms with E-state index in [0.29, 0.717) is 55.6 Å². The zero-order valence-corrected chi connectivity index (χ0v) is 23.7. The lowest BCUT2D eigenvalue weighted by atomic mass is 10.0. The topological polar surface area (TPSA) is 128 Å². The maximum absolute atomic E-state index is 14.8. The van der Waals surface area contributed by atoms with Crippen LogP contribution >= 0.6 is 0 Å². The summed E-state index contributed by atoms with van der Waals surface area (Å²) < 4.78 is 34.1. The number of carbonyl (C=O) groups excluding carboxylic acids is 2. The van der Waals surface area contributed by atoms with Crippen LogP contribution in [0.4, 0.5) is 19.3 Å². The number of ether oxygens (including phenoxy) is 1. The Labute approximate surface area is 242 Å². The van der Waals surface area contributed by atoms with Crippen LogP contribution < -0.4 is 21.1 Å². The summed E-state index contributed by atoms with van der Waals surface area (Å²) in [6.45, 7) is 6.04.